The molecule has 0 bridgehead atoms. The summed E-state index contributed by atoms with van der Waals surface area (Å²) in [7, 11) is 0. The second kappa shape index (κ2) is 10.3. The van der Waals surface area contributed by atoms with E-state index in [0.717, 1.165) is 31.7 Å². The lowest BCUT2D eigenvalue weighted by Crippen LogP contribution is -2.31. The molecule has 0 aromatic carbocycles. The van der Waals surface area contributed by atoms with Crippen LogP contribution in [0.25, 0.3) is 6.08 Å². The molecule has 0 radical (unpaired) electrons. The van der Waals surface area contributed by atoms with Crippen molar-refractivity contribution in [2.75, 3.05) is 13.1 Å². The summed E-state index contributed by atoms with van der Waals surface area (Å²) in [6, 6.07) is 3.67. The molecule has 0 saturated heterocycles. The predicted molar refractivity (Wildman–Crippen MR) is 83.4 cm³/mol. The van der Waals surface area contributed by atoms with Gasteiger partial charge in [0.05, 0.1) is 6.26 Å². The van der Waals surface area contributed by atoms with Gasteiger partial charge in [0, 0.05) is 19.2 Å². The molecule has 0 aliphatic heterocycles. The average molecular weight is 277 g/mol. The molecule has 0 fully saturated rings. The van der Waals surface area contributed by atoms with Gasteiger partial charge in [0.15, 0.2) is 0 Å². The molecule has 0 saturated carbocycles. The van der Waals surface area contributed by atoms with Crippen LogP contribution in [0, 0.1) is 0 Å². The Morgan fingerprint density at radius 3 is 2.30 bits per heavy atom. The van der Waals surface area contributed by atoms with E-state index in [1.54, 1.807) is 18.4 Å². The van der Waals surface area contributed by atoms with E-state index in [4.69, 9.17) is 4.42 Å². The highest BCUT2D eigenvalue weighted by Crippen LogP contribution is 2.06. The molecular formula is C17H27NO2. The third kappa shape index (κ3) is 6.60. The van der Waals surface area contributed by atoms with Crippen molar-refractivity contribution in [2.45, 2.75) is 52.4 Å². The number of carbonyl (C=O) groups excluding carboxylic acids is 1. The summed E-state index contributed by atoms with van der Waals surface area (Å²) in [4.78, 5) is 14.2. The molecule has 1 aromatic rings. The second-order valence-corrected chi connectivity index (χ2v) is 5.09. The SMILES string of the molecule is CCCCCN(CCCCC)C(=O)C=Cc1ccco1. The lowest BCUT2D eigenvalue weighted by molar-refractivity contribution is -0.126. The Morgan fingerprint density at radius 2 is 1.80 bits per heavy atom. The maximum atomic E-state index is 12.2. The molecule has 0 atom stereocenters. The first kappa shape index (κ1) is 16.5. The van der Waals surface area contributed by atoms with E-state index in [2.05, 4.69) is 13.8 Å². The van der Waals surface area contributed by atoms with Gasteiger partial charge in [0.2, 0.25) is 5.91 Å². The van der Waals surface area contributed by atoms with E-state index < -0.39 is 0 Å². The highest BCUT2D eigenvalue weighted by Gasteiger charge is 2.09. The van der Waals surface area contributed by atoms with Crippen LogP contribution in [0.2, 0.25) is 0 Å². The van der Waals surface area contributed by atoms with Gasteiger partial charge < -0.3 is 9.32 Å². The van der Waals surface area contributed by atoms with Crippen molar-refractivity contribution < 1.29 is 9.21 Å². The minimum atomic E-state index is 0.0913. The van der Waals surface area contributed by atoms with Crippen LogP contribution < -0.4 is 0 Å². The van der Waals surface area contributed by atoms with Crippen LogP contribution >= 0.6 is 0 Å². The fourth-order valence-corrected chi connectivity index (χ4v) is 2.08. The first-order valence-corrected chi connectivity index (χ1v) is 7.78. The zero-order chi connectivity index (χ0) is 14.6. The number of rotatable bonds is 10. The van der Waals surface area contributed by atoms with Gasteiger partial charge >= 0.3 is 0 Å². The van der Waals surface area contributed by atoms with E-state index in [1.165, 1.54) is 25.7 Å². The van der Waals surface area contributed by atoms with Crippen molar-refractivity contribution in [1.82, 2.24) is 4.90 Å². The predicted octanol–water partition coefficient (Wildman–Crippen LogP) is 4.50. The summed E-state index contributed by atoms with van der Waals surface area (Å²) in [5.74, 6) is 0.814. The van der Waals surface area contributed by atoms with Crippen molar-refractivity contribution in [2.24, 2.45) is 0 Å². The molecule has 1 aromatic heterocycles. The number of hydrogen-bond acceptors (Lipinski definition) is 2. The van der Waals surface area contributed by atoms with Gasteiger partial charge in [-0.2, -0.15) is 0 Å². The number of amides is 1. The van der Waals surface area contributed by atoms with Crippen LogP contribution in [0.4, 0.5) is 0 Å². The number of furan rings is 1. The lowest BCUT2D eigenvalue weighted by atomic mass is 10.2. The molecule has 1 heterocycles. The number of nitrogens with zero attached hydrogens (tertiary/aromatic N) is 1. The first-order chi connectivity index (χ1) is 9.77. The van der Waals surface area contributed by atoms with Crippen molar-refractivity contribution in [3.05, 3.63) is 30.2 Å². The third-order valence-corrected chi connectivity index (χ3v) is 3.31. The smallest absolute Gasteiger partial charge is 0.246 e. The minimum Gasteiger partial charge on any atom is -0.465 e. The van der Waals surface area contributed by atoms with Crippen molar-refractivity contribution in [3.63, 3.8) is 0 Å². The Labute approximate surface area is 122 Å². The number of carbonyl (C=O) groups is 1. The summed E-state index contributed by atoms with van der Waals surface area (Å²) >= 11 is 0. The fraction of sp³-hybridized carbons (Fsp3) is 0.588. The summed E-state index contributed by atoms with van der Waals surface area (Å²) in [6.45, 7) is 6.08. The zero-order valence-electron chi connectivity index (χ0n) is 12.8. The van der Waals surface area contributed by atoms with Crippen molar-refractivity contribution in [1.29, 1.82) is 0 Å². The van der Waals surface area contributed by atoms with Crippen LogP contribution in [0.1, 0.15) is 58.1 Å². The van der Waals surface area contributed by atoms with Crippen LogP contribution in [0.3, 0.4) is 0 Å². The van der Waals surface area contributed by atoms with E-state index in [-0.39, 0.29) is 5.91 Å². The van der Waals surface area contributed by atoms with E-state index in [0.29, 0.717) is 0 Å². The normalized spacial score (nSPS) is 11.1. The van der Waals surface area contributed by atoms with Gasteiger partial charge in [-0.15, -0.1) is 0 Å². The highest BCUT2D eigenvalue weighted by molar-refractivity contribution is 5.91. The van der Waals surface area contributed by atoms with Crippen LogP contribution in [0.5, 0.6) is 0 Å². The standard InChI is InChI=1S/C17H27NO2/c1-3-5-7-13-18(14-8-6-4-2)17(19)12-11-16-10-9-15-20-16/h9-12,15H,3-8,13-14H2,1-2H3. The van der Waals surface area contributed by atoms with E-state index in [9.17, 15) is 4.79 Å². The summed E-state index contributed by atoms with van der Waals surface area (Å²) < 4.78 is 5.20. The van der Waals surface area contributed by atoms with Crippen LogP contribution in [-0.4, -0.2) is 23.9 Å². The Morgan fingerprint density at radius 1 is 1.15 bits per heavy atom. The maximum Gasteiger partial charge on any atom is 0.246 e. The van der Waals surface area contributed by atoms with Gasteiger partial charge in [-0.25, -0.2) is 0 Å². The Balaban J connectivity index is 2.48. The molecule has 1 amide bonds. The lowest BCUT2D eigenvalue weighted by Gasteiger charge is -2.21. The second-order valence-electron chi connectivity index (χ2n) is 5.09. The highest BCUT2D eigenvalue weighted by atomic mass is 16.3. The van der Waals surface area contributed by atoms with Gasteiger partial charge in [-0.1, -0.05) is 39.5 Å². The molecule has 0 N–H and O–H groups in total. The van der Waals surface area contributed by atoms with Crippen LogP contribution in [-0.2, 0) is 4.79 Å². The van der Waals surface area contributed by atoms with Gasteiger partial charge in [0.1, 0.15) is 5.76 Å². The third-order valence-electron chi connectivity index (χ3n) is 3.31. The minimum absolute atomic E-state index is 0.0913. The van der Waals surface area contributed by atoms with Crippen LogP contribution in [0.15, 0.2) is 28.9 Å². The average Bonchev–Trinajstić information content (AvgIpc) is 2.97. The fourth-order valence-electron chi connectivity index (χ4n) is 2.08. The summed E-state index contributed by atoms with van der Waals surface area (Å²) in [5, 5.41) is 0. The molecule has 0 unspecified atom stereocenters. The van der Waals surface area contributed by atoms with Gasteiger partial charge in [-0.3, -0.25) is 4.79 Å². The molecule has 112 valence electrons. The molecule has 1 rings (SSSR count). The molecule has 0 spiro atoms. The maximum absolute atomic E-state index is 12.2. The van der Waals surface area contributed by atoms with E-state index in [1.807, 2.05) is 17.0 Å². The van der Waals surface area contributed by atoms with Gasteiger partial charge in [0.25, 0.3) is 0 Å². The molecule has 20 heavy (non-hydrogen) atoms. The molecular weight excluding hydrogens is 250 g/mol. The van der Waals surface area contributed by atoms with Gasteiger partial charge in [-0.05, 0) is 31.1 Å². The van der Waals surface area contributed by atoms with Crippen molar-refractivity contribution in [3.8, 4) is 0 Å². The topological polar surface area (TPSA) is 33.5 Å². The zero-order valence-corrected chi connectivity index (χ0v) is 12.8. The first-order valence-electron chi connectivity index (χ1n) is 7.78. The quantitative estimate of drug-likeness (QED) is 0.466. The summed E-state index contributed by atoms with van der Waals surface area (Å²) in [5.41, 5.74) is 0. The molecule has 0 aliphatic rings. The van der Waals surface area contributed by atoms with E-state index >= 15 is 0 Å². The molecule has 3 nitrogen and oxygen atoms in total. The largest absolute Gasteiger partial charge is 0.465 e. The molecule has 0 aliphatic carbocycles. The number of unbranched alkanes of at least 4 members (excludes halogenated alkanes) is 4. The van der Waals surface area contributed by atoms with Crippen molar-refractivity contribution >= 4 is 12.0 Å². The Hall–Kier alpha value is -1.51. The Kier molecular flexibility index (Phi) is 8.52. The summed E-state index contributed by atoms with van der Waals surface area (Å²) in [6.07, 6.45) is 11.9. The molecule has 3 heteroatoms. The monoisotopic (exact) mass is 277 g/mol. The Bertz CT molecular complexity index is 372. The number of hydrogen-bond donors (Lipinski definition) is 0.